The summed E-state index contributed by atoms with van der Waals surface area (Å²) in [6, 6.07) is 0. The van der Waals surface area contributed by atoms with E-state index in [-0.39, 0.29) is 0 Å². The van der Waals surface area contributed by atoms with E-state index in [9.17, 15) is 0 Å². The molecule has 0 bridgehead atoms. The molecule has 114 valence electrons. The van der Waals surface area contributed by atoms with E-state index in [1.165, 1.54) is 37.1 Å². The van der Waals surface area contributed by atoms with Gasteiger partial charge in [0.15, 0.2) is 0 Å². The second-order valence-electron chi connectivity index (χ2n) is 7.65. The van der Waals surface area contributed by atoms with Crippen LogP contribution in [0.3, 0.4) is 0 Å². The molecule has 0 aliphatic heterocycles. The first-order chi connectivity index (χ1) is 9.46. The number of aromatic nitrogens is 1. The molecule has 0 amide bonds. The zero-order valence-electron chi connectivity index (χ0n) is 13.5. The zero-order valence-corrected chi connectivity index (χ0v) is 14.3. The summed E-state index contributed by atoms with van der Waals surface area (Å²) in [6.07, 6.45) is 7.40. The lowest BCUT2D eigenvalue weighted by atomic mass is 9.66. The molecule has 2 atom stereocenters. The maximum absolute atomic E-state index is 4.24. The van der Waals surface area contributed by atoms with Crippen molar-refractivity contribution in [2.45, 2.75) is 53.4 Å². The molecule has 20 heavy (non-hydrogen) atoms. The summed E-state index contributed by atoms with van der Waals surface area (Å²) in [6.45, 7) is 11.8. The number of nitrogens with one attached hydrogen (secondary N) is 1. The van der Waals surface area contributed by atoms with Crippen LogP contribution in [-0.2, 0) is 6.42 Å². The highest BCUT2D eigenvalue weighted by Gasteiger charge is 2.34. The van der Waals surface area contributed by atoms with Crippen LogP contribution < -0.4 is 5.32 Å². The van der Waals surface area contributed by atoms with E-state index in [0.29, 0.717) is 5.41 Å². The number of rotatable bonds is 6. The molecular weight excluding hydrogens is 264 g/mol. The lowest BCUT2D eigenvalue weighted by Crippen LogP contribution is -2.37. The number of thiazole rings is 1. The van der Waals surface area contributed by atoms with E-state index in [1.54, 1.807) is 0 Å². The first kappa shape index (κ1) is 16.0. The van der Waals surface area contributed by atoms with Crippen molar-refractivity contribution in [2.75, 3.05) is 13.1 Å². The molecule has 0 spiro atoms. The Bertz CT molecular complexity index is 384. The molecule has 2 rings (SSSR count). The molecule has 0 aromatic carbocycles. The summed E-state index contributed by atoms with van der Waals surface area (Å²) in [7, 11) is 0. The van der Waals surface area contributed by atoms with Crippen LogP contribution in [0.25, 0.3) is 0 Å². The Morgan fingerprint density at radius 2 is 2.20 bits per heavy atom. The predicted octanol–water partition coefficient (Wildman–Crippen LogP) is 4.37. The summed E-state index contributed by atoms with van der Waals surface area (Å²) in [5, 5.41) is 3.68. The molecule has 2 nitrogen and oxygen atoms in total. The van der Waals surface area contributed by atoms with E-state index in [4.69, 9.17) is 0 Å². The van der Waals surface area contributed by atoms with Crippen LogP contribution in [-0.4, -0.2) is 18.1 Å². The maximum atomic E-state index is 4.24. The van der Waals surface area contributed by atoms with E-state index < -0.39 is 0 Å². The Morgan fingerprint density at radius 3 is 2.85 bits per heavy atom. The Labute approximate surface area is 128 Å². The molecule has 2 unspecified atom stereocenters. The van der Waals surface area contributed by atoms with Gasteiger partial charge in [-0.1, -0.05) is 27.7 Å². The van der Waals surface area contributed by atoms with Crippen LogP contribution in [0, 0.1) is 23.2 Å². The van der Waals surface area contributed by atoms with Gasteiger partial charge >= 0.3 is 0 Å². The molecular formula is C17H30N2S. The Hall–Kier alpha value is -0.410. The second kappa shape index (κ2) is 7.04. The van der Waals surface area contributed by atoms with Crippen molar-refractivity contribution >= 4 is 11.3 Å². The highest BCUT2D eigenvalue weighted by Crippen LogP contribution is 2.43. The number of hydrogen-bond acceptors (Lipinski definition) is 3. The maximum Gasteiger partial charge on any atom is 0.0794 e. The van der Waals surface area contributed by atoms with Gasteiger partial charge < -0.3 is 5.32 Å². The minimum Gasteiger partial charge on any atom is -0.316 e. The standard InChI is InChI=1S/C17H30N2S/c1-13(2)9-18-10-14-5-6-17(3,4)8-15(14)7-16-11-19-12-20-16/h11-15,18H,5-10H2,1-4H3. The lowest BCUT2D eigenvalue weighted by molar-refractivity contribution is 0.116. The lowest BCUT2D eigenvalue weighted by Gasteiger charge is -2.41. The van der Waals surface area contributed by atoms with Gasteiger partial charge in [-0.25, -0.2) is 0 Å². The highest BCUT2D eigenvalue weighted by molar-refractivity contribution is 7.09. The van der Waals surface area contributed by atoms with Crippen LogP contribution in [0.4, 0.5) is 0 Å². The fraction of sp³-hybridized carbons (Fsp3) is 0.824. The fourth-order valence-electron chi connectivity index (χ4n) is 3.46. The van der Waals surface area contributed by atoms with Crippen molar-refractivity contribution in [2.24, 2.45) is 23.2 Å². The summed E-state index contributed by atoms with van der Waals surface area (Å²) in [5.41, 5.74) is 2.49. The summed E-state index contributed by atoms with van der Waals surface area (Å²) in [4.78, 5) is 5.70. The van der Waals surface area contributed by atoms with Crippen LogP contribution in [0.15, 0.2) is 11.7 Å². The van der Waals surface area contributed by atoms with E-state index in [1.807, 2.05) is 16.8 Å². The average Bonchev–Trinajstić information content (AvgIpc) is 2.84. The molecule has 1 N–H and O–H groups in total. The first-order valence-electron chi connectivity index (χ1n) is 8.04. The molecule has 0 saturated heterocycles. The summed E-state index contributed by atoms with van der Waals surface area (Å²) >= 11 is 1.82. The van der Waals surface area contributed by atoms with Gasteiger partial charge in [-0.2, -0.15) is 0 Å². The van der Waals surface area contributed by atoms with Gasteiger partial charge in [0.25, 0.3) is 0 Å². The van der Waals surface area contributed by atoms with Gasteiger partial charge in [-0.3, -0.25) is 4.98 Å². The van der Waals surface area contributed by atoms with Crippen molar-refractivity contribution in [3.63, 3.8) is 0 Å². The number of nitrogens with zero attached hydrogens (tertiary/aromatic N) is 1. The largest absolute Gasteiger partial charge is 0.316 e. The third-order valence-electron chi connectivity index (χ3n) is 4.58. The molecule has 1 saturated carbocycles. The fourth-order valence-corrected chi connectivity index (χ4v) is 4.15. The molecule has 3 heteroatoms. The van der Waals surface area contributed by atoms with Crippen LogP contribution >= 0.6 is 11.3 Å². The molecule has 0 radical (unpaired) electrons. The van der Waals surface area contributed by atoms with Gasteiger partial charge in [0.1, 0.15) is 0 Å². The summed E-state index contributed by atoms with van der Waals surface area (Å²) < 4.78 is 0. The quantitative estimate of drug-likeness (QED) is 0.842. The minimum atomic E-state index is 0.518. The van der Waals surface area contributed by atoms with Crippen molar-refractivity contribution in [3.8, 4) is 0 Å². The molecule has 1 fully saturated rings. The van der Waals surface area contributed by atoms with Gasteiger partial charge in [0, 0.05) is 11.1 Å². The van der Waals surface area contributed by atoms with Gasteiger partial charge in [-0.15, -0.1) is 11.3 Å². The van der Waals surface area contributed by atoms with Crippen molar-refractivity contribution < 1.29 is 0 Å². The molecule has 1 heterocycles. The monoisotopic (exact) mass is 294 g/mol. The Balaban J connectivity index is 1.93. The SMILES string of the molecule is CC(C)CNCC1CCC(C)(C)CC1Cc1cncs1. The minimum absolute atomic E-state index is 0.518. The van der Waals surface area contributed by atoms with Crippen LogP contribution in [0.1, 0.15) is 51.8 Å². The van der Waals surface area contributed by atoms with Crippen molar-refractivity contribution in [1.82, 2.24) is 10.3 Å². The van der Waals surface area contributed by atoms with E-state index in [2.05, 4.69) is 44.2 Å². The second-order valence-corrected chi connectivity index (χ2v) is 8.62. The summed E-state index contributed by atoms with van der Waals surface area (Å²) in [5.74, 6) is 2.40. The third-order valence-corrected chi connectivity index (χ3v) is 5.38. The topological polar surface area (TPSA) is 24.9 Å². The van der Waals surface area contributed by atoms with E-state index in [0.717, 1.165) is 24.3 Å². The van der Waals surface area contributed by atoms with Crippen molar-refractivity contribution in [1.29, 1.82) is 0 Å². The first-order valence-corrected chi connectivity index (χ1v) is 8.92. The van der Waals surface area contributed by atoms with Gasteiger partial charge in [0.05, 0.1) is 5.51 Å². The normalized spacial score (nSPS) is 26.1. The smallest absolute Gasteiger partial charge is 0.0794 e. The molecule has 1 aliphatic carbocycles. The molecule has 1 aliphatic rings. The zero-order chi connectivity index (χ0) is 14.6. The Morgan fingerprint density at radius 1 is 1.40 bits per heavy atom. The predicted molar refractivity (Wildman–Crippen MR) is 88.1 cm³/mol. The van der Waals surface area contributed by atoms with Crippen LogP contribution in [0.2, 0.25) is 0 Å². The Kier molecular flexibility index (Phi) is 5.62. The van der Waals surface area contributed by atoms with E-state index >= 15 is 0 Å². The third kappa shape index (κ3) is 4.85. The van der Waals surface area contributed by atoms with Crippen LogP contribution in [0.5, 0.6) is 0 Å². The highest BCUT2D eigenvalue weighted by atomic mass is 32.1. The number of hydrogen-bond donors (Lipinski definition) is 1. The molecule has 1 aromatic heterocycles. The van der Waals surface area contributed by atoms with Crippen molar-refractivity contribution in [3.05, 3.63) is 16.6 Å². The average molecular weight is 295 g/mol. The van der Waals surface area contributed by atoms with Gasteiger partial charge in [0.2, 0.25) is 0 Å². The van der Waals surface area contributed by atoms with Gasteiger partial charge in [-0.05, 0) is 61.9 Å². The molecule has 1 aromatic rings.